The van der Waals surface area contributed by atoms with Crippen LogP contribution in [-0.2, 0) is 0 Å². The van der Waals surface area contributed by atoms with Crippen LogP contribution in [0.25, 0.3) is 0 Å². The van der Waals surface area contributed by atoms with Crippen LogP contribution in [0.2, 0.25) is 0 Å². The molecule has 3 nitrogen and oxygen atoms in total. The van der Waals surface area contributed by atoms with Crippen LogP contribution in [0.3, 0.4) is 0 Å². The summed E-state index contributed by atoms with van der Waals surface area (Å²) in [6, 6.07) is 1.85. The second kappa shape index (κ2) is 5.35. The molecule has 0 saturated carbocycles. The Kier molecular flexibility index (Phi) is 4.00. The Bertz CT molecular complexity index is 334. The molecule has 0 aliphatic carbocycles. The summed E-state index contributed by atoms with van der Waals surface area (Å²) in [4.78, 5) is 7.46. The van der Waals surface area contributed by atoms with Crippen LogP contribution in [0.5, 0.6) is 0 Å². The van der Waals surface area contributed by atoms with Crippen LogP contribution in [-0.4, -0.2) is 59.5 Å². The molecule has 0 aromatic rings. The fourth-order valence-electron chi connectivity index (χ4n) is 3.18. The van der Waals surface area contributed by atoms with Crippen molar-refractivity contribution in [3.63, 3.8) is 0 Å². The van der Waals surface area contributed by atoms with Crippen molar-refractivity contribution < 1.29 is 0 Å². The van der Waals surface area contributed by atoms with E-state index in [9.17, 15) is 0 Å². The number of likely N-dealkylation sites (N-methyl/N-ethyl adjacent to an activating group) is 1. The highest BCUT2D eigenvalue weighted by atomic mass is 15.3. The van der Waals surface area contributed by atoms with Crippen LogP contribution in [0, 0.1) is 0 Å². The first-order valence-electron chi connectivity index (χ1n) is 7.09. The molecule has 0 spiro atoms. The van der Waals surface area contributed by atoms with Crippen molar-refractivity contribution >= 4 is 0 Å². The summed E-state index contributed by atoms with van der Waals surface area (Å²) in [6.07, 6.45) is 6.58. The van der Waals surface area contributed by atoms with E-state index in [0.717, 1.165) is 6.54 Å². The maximum atomic E-state index is 2.61. The van der Waals surface area contributed by atoms with E-state index in [1.54, 1.807) is 0 Å². The van der Waals surface area contributed by atoms with Crippen molar-refractivity contribution in [1.29, 1.82) is 0 Å². The smallest absolute Gasteiger partial charge is 0.0570 e. The van der Waals surface area contributed by atoms with Gasteiger partial charge in [0.15, 0.2) is 0 Å². The second-order valence-electron chi connectivity index (χ2n) is 6.07. The first kappa shape index (κ1) is 13.5. The van der Waals surface area contributed by atoms with Crippen LogP contribution in [0.1, 0.15) is 27.7 Å². The SMILES string of the molecule is CC(C)N1CC(C)N(C2=CC=CN(C)C2)C(C)C1. The zero-order valence-corrected chi connectivity index (χ0v) is 12.4. The van der Waals surface area contributed by atoms with Crippen molar-refractivity contribution in [3.8, 4) is 0 Å². The van der Waals surface area contributed by atoms with Gasteiger partial charge in [0, 0.05) is 44.0 Å². The van der Waals surface area contributed by atoms with E-state index in [4.69, 9.17) is 0 Å². The highest BCUT2D eigenvalue weighted by Crippen LogP contribution is 2.24. The summed E-state index contributed by atoms with van der Waals surface area (Å²) in [5, 5.41) is 0. The predicted molar refractivity (Wildman–Crippen MR) is 77.3 cm³/mol. The van der Waals surface area contributed by atoms with Crippen LogP contribution < -0.4 is 0 Å². The molecule has 0 N–H and O–H groups in total. The third-order valence-corrected chi connectivity index (χ3v) is 4.05. The number of allylic oxidation sites excluding steroid dienone is 2. The third kappa shape index (κ3) is 2.72. The molecule has 2 rings (SSSR count). The molecule has 0 aromatic heterocycles. The zero-order valence-electron chi connectivity index (χ0n) is 12.4. The van der Waals surface area contributed by atoms with Gasteiger partial charge in [-0.1, -0.05) is 0 Å². The molecular weight excluding hydrogens is 222 g/mol. The fourth-order valence-corrected chi connectivity index (χ4v) is 3.18. The van der Waals surface area contributed by atoms with E-state index in [0.29, 0.717) is 18.1 Å². The summed E-state index contributed by atoms with van der Waals surface area (Å²) in [6.45, 7) is 12.7. The predicted octanol–water partition coefficient (Wildman–Crippen LogP) is 2.13. The molecule has 0 radical (unpaired) electrons. The molecule has 18 heavy (non-hydrogen) atoms. The third-order valence-electron chi connectivity index (χ3n) is 4.05. The first-order valence-corrected chi connectivity index (χ1v) is 7.09. The van der Waals surface area contributed by atoms with E-state index in [2.05, 4.69) is 67.8 Å². The Hall–Kier alpha value is -0.960. The molecule has 2 heterocycles. The van der Waals surface area contributed by atoms with Gasteiger partial charge in [0.05, 0.1) is 6.54 Å². The summed E-state index contributed by atoms with van der Waals surface area (Å²) in [7, 11) is 2.14. The van der Waals surface area contributed by atoms with Crippen LogP contribution >= 0.6 is 0 Å². The molecule has 1 saturated heterocycles. The van der Waals surface area contributed by atoms with Crippen LogP contribution in [0.15, 0.2) is 24.0 Å². The van der Waals surface area contributed by atoms with E-state index in [1.807, 2.05) is 0 Å². The largest absolute Gasteiger partial charge is 0.375 e. The molecule has 102 valence electrons. The maximum Gasteiger partial charge on any atom is 0.0570 e. The minimum atomic E-state index is 0.599. The topological polar surface area (TPSA) is 9.72 Å². The maximum absolute atomic E-state index is 2.61. The van der Waals surface area contributed by atoms with Gasteiger partial charge in [0.25, 0.3) is 0 Å². The molecule has 2 aliphatic rings. The average molecular weight is 249 g/mol. The number of rotatable bonds is 2. The normalized spacial score (nSPS) is 30.0. The van der Waals surface area contributed by atoms with E-state index < -0.39 is 0 Å². The average Bonchev–Trinajstić information content (AvgIpc) is 2.27. The van der Waals surface area contributed by atoms with Gasteiger partial charge in [-0.3, -0.25) is 4.90 Å². The molecule has 3 heteroatoms. The lowest BCUT2D eigenvalue weighted by Gasteiger charge is -2.49. The summed E-state index contributed by atoms with van der Waals surface area (Å²) in [5.74, 6) is 0. The van der Waals surface area contributed by atoms with Gasteiger partial charge in [-0.05, 0) is 46.0 Å². The molecular formula is C15H27N3. The van der Waals surface area contributed by atoms with Crippen molar-refractivity contribution in [2.45, 2.75) is 45.8 Å². The Labute approximate surface area is 112 Å². The number of piperazine rings is 1. The molecule has 0 bridgehead atoms. The molecule has 2 atom stereocenters. The van der Waals surface area contributed by atoms with Crippen molar-refractivity contribution in [1.82, 2.24) is 14.7 Å². The Morgan fingerprint density at radius 1 is 1.17 bits per heavy atom. The van der Waals surface area contributed by atoms with Gasteiger partial charge in [-0.15, -0.1) is 0 Å². The van der Waals surface area contributed by atoms with Gasteiger partial charge < -0.3 is 9.80 Å². The van der Waals surface area contributed by atoms with Crippen molar-refractivity contribution in [2.75, 3.05) is 26.7 Å². The Morgan fingerprint density at radius 2 is 1.78 bits per heavy atom. The number of nitrogens with zero attached hydrogens (tertiary/aromatic N) is 3. The minimum Gasteiger partial charge on any atom is -0.375 e. The first-order chi connectivity index (χ1) is 8.49. The van der Waals surface area contributed by atoms with Gasteiger partial charge >= 0.3 is 0 Å². The Balaban J connectivity index is 2.10. The summed E-state index contributed by atoms with van der Waals surface area (Å²) >= 11 is 0. The molecule has 1 fully saturated rings. The van der Waals surface area contributed by atoms with E-state index in [-0.39, 0.29) is 0 Å². The second-order valence-corrected chi connectivity index (χ2v) is 6.07. The van der Waals surface area contributed by atoms with Gasteiger partial charge in [-0.25, -0.2) is 0 Å². The molecule has 2 unspecified atom stereocenters. The lowest BCUT2D eigenvalue weighted by atomic mass is 10.0. The van der Waals surface area contributed by atoms with Crippen molar-refractivity contribution in [2.24, 2.45) is 0 Å². The van der Waals surface area contributed by atoms with Gasteiger partial charge in [0.2, 0.25) is 0 Å². The number of hydrogen-bond donors (Lipinski definition) is 0. The fraction of sp³-hybridized carbons (Fsp3) is 0.733. The highest BCUT2D eigenvalue weighted by Gasteiger charge is 2.31. The lowest BCUT2D eigenvalue weighted by Crippen LogP contribution is -2.58. The van der Waals surface area contributed by atoms with Crippen LogP contribution in [0.4, 0.5) is 0 Å². The standard InChI is InChI=1S/C15H27N3/c1-12(2)17-9-13(3)18(14(4)10-17)15-7-6-8-16(5)11-15/h6-8,12-14H,9-11H2,1-5H3. The van der Waals surface area contributed by atoms with Gasteiger partial charge in [0.1, 0.15) is 0 Å². The number of hydrogen-bond acceptors (Lipinski definition) is 3. The van der Waals surface area contributed by atoms with E-state index in [1.165, 1.54) is 18.8 Å². The van der Waals surface area contributed by atoms with E-state index >= 15 is 0 Å². The highest BCUT2D eigenvalue weighted by molar-refractivity contribution is 5.20. The Morgan fingerprint density at radius 3 is 2.28 bits per heavy atom. The summed E-state index contributed by atoms with van der Waals surface area (Å²) in [5.41, 5.74) is 1.46. The molecule has 2 aliphatic heterocycles. The zero-order chi connectivity index (χ0) is 13.3. The molecule has 0 amide bonds. The summed E-state index contributed by atoms with van der Waals surface area (Å²) < 4.78 is 0. The molecule has 0 aromatic carbocycles. The van der Waals surface area contributed by atoms with Gasteiger partial charge in [-0.2, -0.15) is 0 Å². The van der Waals surface area contributed by atoms with Crippen molar-refractivity contribution in [3.05, 3.63) is 24.0 Å². The quantitative estimate of drug-likeness (QED) is 0.742. The lowest BCUT2D eigenvalue weighted by molar-refractivity contribution is 0.0437. The minimum absolute atomic E-state index is 0.599. The monoisotopic (exact) mass is 249 g/mol.